The lowest BCUT2D eigenvalue weighted by Gasteiger charge is -2.26. The van der Waals surface area contributed by atoms with Crippen LogP contribution in [0.1, 0.15) is 30.4 Å². The quantitative estimate of drug-likeness (QED) is 0.460. The van der Waals surface area contributed by atoms with Crippen LogP contribution in [0.2, 0.25) is 0 Å². The second-order valence-corrected chi connectivity index (χ2v) is 8.82. The maximum absolute atomic E-state index is 13.4. The fourth-order valence-electron chi connectivity index (χ4n) is 4.65. The van der Waals surface area contributed by atoms with E-state index in [1.807, 2.05) is 29.2 Å². The van der Waals surface area contributed by atoms with Crippen LogP contribution in [0.4, 0.5) is 0 Å². The monoisotopic (exact) mass is 462 g/mol. The molecule has 2 aliphatic rings. The van der Waals surface area contributed by atoms with E-state index in [-0.39, 0.29) is 18.8 Å². The third-order valence-electron chi connectivity index (χ3n) is 6.44. The van der Waals surface area contributed by atoms with Crippen LogP contribution in [0.25, 0.3) is 22.2 Å². The number of ether oxygens (including phenoxy) is 4. The molecule has 7 nitrogen and oxygen atoms in total. The molecule has 1 saturated heterocycles. The molecule has 0 radical (unpaired) electrons. The third-order valence-corrected chi connectivity index (χ3v) is 6.44. The molecule has 1 atom stereocenters. The smallest absolute Gasteiger partial charge is 0.252 e. The number of hydrogen-bond donors (Lipinski definition) is 0. The molecule has 1 amide bonds. The molecule has 0 spiro atoms. The molecule has 0 N–H and O–H groups in total. The summed E-state index contributed by atoms with van der Waals surface area (Å²) in [4.78, 5) is 20.3. The summed E-state index contributed by atoms with van der Waals surface area (Å²) in [6, 6.07) is 14.2. The van der Waals surface area contributed by atoms with Crippen molar-refractivity contribution >= 4 is 16.8 Å². The zero-order chi connectivity index (χ0) is 23.5. The van der Waals surface area contributed by atoms with E-state index in [9.17, 15) is 4.79 Å². The van der Waals surface area contributed by atoms with Crippen molar-refractivity contribution in [3.63, 3.8) is 0 Å². The highest BCUT2D eigenvalue weighted by atomic mass is 16.7. The van der Waals surface area contributed by atoms with Gasteiger partial charge >= 0.3 is 0 Å². The number of methoxy groups -OCH3 is 1. The highest BCUT2D eigenvalue weighted by Gasteiger charge is 2.29. The summed E-state index contributed by atoms with van der Waals surface area (Å²) in [5.74, 6) is 1.46. The maximum atomic E-state index is 13.4. The Morgan fingerprint density at radius 2 is 2.00 bits per heavy atom. The fraction of sp³-hybridized carbons (Fsp3) is 0.407. The van der Waals surface area contributed by atoms with E-state index >= 15 is 0 Å². The number of fused-ring (bicyclic) bond motifs is 2. The standard InChI is InChI=1S/C27H30N2O5/c1-18-7-3-4-8-21(18)26-20(13-19-14-24-25(34-17-33-24)15-22(19)28-26)16-29(10-6-11-31-2)27(30)23-9-5-12-32-23/h3-4,7-8,13-15,23H,5-6,9-12,16-17H2,1-2H3. The first-order valence-electron chi connectivity index (χ1n) is 11.8. The molecule has 0 saturated carbocycles. The second kappa shape index (κ2) is 9.99. The first-order valence-corrected chi connectivity index (χ1v) is 11.8. The molecule has 0 aliphatic carbocycles. The van der Waals surface area contributed by atoms with Crippen LogP contribution in [0, 0.1) is 6.92 Å². The van der Waals surface area contributed by atoms with E-state index in [1.54, 1.807) is 7.11 Å². The summed E-state index contributed by atoms with van der Waals surface area (Å²) in [6.07, 6.45) is 2.08. The van der Waals surface area contributed by atoms with Gasteiger partial charge in [-0.3, -0.25) is 4.79 Å². The Balaban J connectivity index is 1.57. The van der Waals surface area contributed by atoms with Crippen LogP contribution in [0.15, 0.2) is 42.5 Å². The van der Waals surface area contributed by atoms with Crippen molar-refractivity contribution < 1.29 is 23.7 Å². The van der Waals surface area contributed by atoms with Gasteiger partial charge in [-0.15, -0.1) is 0 Å². The van der Waals surface area contributed by atoms with Crippen LogP contribution in [0.3, 0.4) is 0 Å². The zero-order valence-corrected chi connectivity index (χ0v) is 19.7. The summed E-state index contributed by atoms with van der Waals surface area (Å²) in [6.45, 7) is 4.58. The summed E-state index contributed by atoms with van der Waals surface area (Å²) < 4.78 is 22.1. The Hall–Kier alpha value is -3.16. The maximum Gasteiger partial charge on any atom is 0.252 e. The third kappa shape index (κ3) is 4.58. The number of benzene rings is 2. The number of aromatic nitrogens is 1. The Morgan fingerprint density at radius 1 is 1.18 bits per heavy atom. The van der Waals surface area contributed by atoms with Gasteiger partial charge in [0.1, 0.15) is 6.10 Å². The van der Waals surface area contributed by atoms with Gasteiger partial charge in [0.15, 0.2) is 11.5 Å². The molecular weight excluding hydrogens is 432 g/mol. The molecule has 34 heavy (non-hydrogen) atoms. The van der Waals surface area contributed by atoms with E-state index in [0.29, 0.717) is 32.1 Å². The van der Waals surface area contributed by atoms with Gasteiger partial charge in [-0.05, 0) is 49.4 Å². The lowest BCUT2D eigenvalue weighted by Crippen LogP contribution is -2.39. The van der Waals surface area contributed by atoms with Crippen molar-refractivity contribution in [1.82, 2.24) is 9.88 Å². The Bertz CT molecular complexity index is 1190. The van der Waals surface area contributed by atoms with E-state index < -0.39 is 0 Å². The predicted molar refractivity (Wildman–Crippen MR) is 129 cm³/mol. The van der Waals surface area contributed by atoms with Crippen molar-refractivity contribution in [2.45, 2.75) is 38.8 Å². The van der Waals surface area contributed by atoms with Gasteiger partial charge in [0.25, 0.3) is 5.91 Å². The van der Waals surface area contributed by atoms with Crippen molar-refractivity contribution in [3.05, 3.63) is 53.6 Å². The van der Waals surface area contributed by atoms with E-state index in [2.05, 4.69) is 25.1 Å². The van der Waals surface area contributed by atoms with Crippen molar-refractivity contribution in [2.75, 3.05) is 33.7 Å². The average Bonchev–Trinajstić information content (AvgIpc) is 3.54. The number of aryl methyl sites for hydroxylation is 1. The molecule has 1 aromatic heterocycles. The summed E-state index contributed by atoms with van der Waals surface area (Å²) >= 11 is 0. The van der Waals surface area contributed by atoms with Gasteiger partial charge in [0, 0.05) is 50.4 Å². The Labute approximate surface area is 199 Å². The number of rotatable bonds is 8. The number of carbonyl (C=O) groups is 1. The lowest BCUT2D eigenvalue weighted by molar-refractivity contribution is -0.141. The summed E-state index contributed by atoms with van der Waals surface area (Å²) in [7, 11) is 1.68. The predicted octanol–water partition coefficient (Wildman–Crippen LogP) is 4.48. The van der Waals surface area contributed by atoms with Gasteiger partial charge in [0.05, 0.1) is 11.2 Å². The second-order valence-electron chi connectivity index (χ2n) is 8.82. The van der Waals surface area contributed by atoms with Gasteiger partial charge in [-0.2, -0.15) is 0 Å². The SMILES string of the molecule is COCCCN(Cc1cc2cc3c(cc2nc1-c1ccccc1C)OCO3)C(=O)C1CCCO1. The average molecular weight is 463 g/mol. The first-order chi connectivity index (χ1) is 16.6. The highest BCUT2D eigenvalue weighted by Crippen LogP contribution is 2.38. The number of pyridine rings is 1. The molecule has 7 heteroatoms. The minimum absolute atomic E-state index is 0.0371. The van der Waals surface area contributed by atoms with Crippen molar-refractivity contribution in [1.29, 1.82) is 0 Å². The van der Waals surface area contributed by atoms with Gasteiger partial charge in [-0.1, -0.05) is 24.3 Å². The first kappa shape index (κ1) is 22.6. The van der Waals surface area contributed by atoms with Crippen LogP contribution in [0.5, 0.6) is 11.5 Å². The molecule has 1 fully saturated rings. The zero-order valence-electron chi connectivity index (χ0n) is 19.7. The fourth-order valence-corrected chi connectivity index (χ4v) is 4.65. The number of amides is 1. The van der Waals surface area contributed by atoms with Gasteiger partial charge < -0.3 is 23.8 Å². The molecule has 2 aromatic carbocycles. The van der Waals surface area contributed by atoms with Crippen LogP contribution < -0.4 is 9.47 Å². The molecule has 5 rings (SSSR count). The Kier molecular flexibility index (Phi) is 6.65. The topological polar surface area (TPSA) is 70.1 Å². The lowest BCUT2D eigenvalue weighted by atomic mass is 9.98. The summed E-state index contributed by atoms with van der Waals surface area (Å²) in [5, 5.41) is 0.956. The molecule has 178 valence electrons. The van der Waals surface area contributed by atoms with Gasteiger partial charge in [-0.25, -0.2) is 4.98 Å². The molecule has 1 unspecified atom stereocenters. The molecule has 3 heterocycles. The largest absolute Gasteiger partial charge is 0.454 e. The molecule has 2 aliphatic heterocycles. The van der Waals surface area contributed by atoms with E-state index in [0.717, 1.165) is 58.3 Å². The van der Waals surface area contributed by atoms with Crippen molar-refractivity contribution in [3.8, 4) is 22.8 Å². The van der Waals surface area contributed by atoms with Crippen molar-refractivity contribution in [2.24, 2.45) is 0 Å². The van der Waals surface area contributed by atoms with E-state index in [4.69, 9.17) is 23.9 Å². The van der Waals surface area contributed by atoms with E-state index in [1.165, 1.54) is 0 Å². The van der Waals surface area contributed by atoms with Crippen LogP contribution in [-0.4, -0.2) is 55.6 Å². The summed E-state index contributed by atoms with van der Waals surface area (Å²) in [5.41, 5.74) is 4.89. The highest BCUT2D eigenvalue weighted by molar-refractivity contribution is 5.87. The minimum Gasteiger partial charge on any atom is -0.454 e. The Morgan fingerprint density at radius 3 is 2.76 bits per heavy atom. The molecular formula is C27H30N2O5. The minimum atomic E-state index is -0.369. The number of carbonyl (C=O) groups excluding carboxylic acids is 1. The normalized spacial score (nSPS) is 16.8. The number of hydrogen-bond acceptors (Lipinski definition) is 6. The van der Waals surface area contributed by atoms with Crippen LogP contribution >= 0.6 is 0 Å². The molecule has 3 aromatic rings. The van der Waals surface area contributed by atoms with Gasteiger partial charge in [0.2, 0.25) is 6.79 Å². The number of nitrogens with zero attached hydrogens (tertiary/aromatic N) is 2. The molecule has 0 bridgehead atoms. The van der Waals surface area contributed by atoms with Crippen LogP contribution in [-0.2, 0) is 20.8 Å².